The quantitative estimate of drug-likeness (QED) is 0.795. The average Bonchev–Trinajstić information content (AvgIpc) is 2.40. The summed E-state index contributed by atoms with van der Waals surface area (Å²) in [7, 11) is -3.11. The van der Waals surface area contributed by atoms with Crippen molar-refractivity contribution in [3.05, 3.63) is 28.7 Å². The molecular formula is C10H12BrNO2S. The molecule has 1 atom stereocenters. The molecule has 1 aliphatic heterocycles. The van der Waals surface area contributed by atoms with E-state index in [9.17, 15) is 8.42 Å². The molecule has 1 fully saturated rings. The van der Waals surface area contributed by atoms with Gasteiger partial charge in [-0.15, -0.1) is 0 Å². The first-order valence-corrected chi connectivity index (χ1v) is 7.16. The number of anilines is 1. The molecule has 1 aromatic carbocycles. The Hall–Kier alpha value is -0.550. The summed E-state index contributed by atoms with van der Waals surface area (Å²) in [6, 6.07) is 7.39. The lowest BCUT2D eigenvalue weighted by Gasteiger charge is -2.18. The van der Waals surface area contributed by atoms with Crippen LogP contribution in [0.4, 0.5) is 5.69 Å². The van der Waals surface area contributed by atoms with E-state index in [1.165, 1.54) is 4.31 Å². The van der Waals surface area contributed by atoms with Crippen LogP contribution in [0.25, 0.3) is 0 Å². The van der Waals surface area contributed by atoms with Gasteiger partial charge in [-0.3, -0.25) is 4.31 Å². The summed E-state index contributed by atoms with van der Waals surface area (Å²) < 4.78 is 26.0. The van der Waals surface area contributed by atoms with Crippen LogP contribution >= 0.6 is 15.9 Å². The van der Waals surface area contributed by atoms with E-state index in [4.69, 9.17) is 0 Å². The summed E-state index contributed by atoms with van der Waals surface area (Å²) in [5.41, 5.74) is 0.738. The van der Waals surface area contributed by atoms with Crippen LogP contribution in [0.3, 0.4) is 0 Å². The van der Waals surface area contributed by atoms with Gasteiger partial charge >= 0.3 is 0 Å². The van der Waals surface area contributed by atoms with Crippen LogP contribution in [0.2, 0.25) is 0 Å². The van der Waals surface area contributed by atoms with E-state index in [0.717, 1.165) is 10.2 Å². The molecule has 1 unspecified atom stereocenters. The first kappa shape index (κ1) is 11.0. The fourth-order valence-electron chi connectivity index (χ4n) is 1.80. The first-order valence-electron chi connectivity index (χ1n) is 4.75. The lowest BCUT2D eigenvalue weighted by atomic mass is 10.2. The Morgan fingerprint density at radius 3 is 2.60 bits per heavy atom. The second kappa shape index (κ2) is 3.79. The van der Waals surface area contributed by atoms with E-state index in [1.54, 1.807) is 0 Å². The van der Waals surface area contributed by atoms with Crippen molar-refractivity contribution in [3.63, 3.8) is 0 Å². The normalized spacial score (nSPS) is 24.4. The Morgan fingerprint density at radius 2 is 2.07 bits per heavy atom. The molecule has 0 radical (unpaired) electrons. The highest BCUT2D eigenvalue weighted by atomic mass is 79.9. The summed E-state index contributed by atoms with van der Waals surface area (Å²) in [6.07, 6.45) is 0. The minimum absolute atomic E-state index is 0.196. The number of hydrogen-bond acceptors (Lipinski definition) is 2. The van der Waals surface area contributed by atoms with Gasteiger partial charge in [0.05, 0.1) is 11.4 Å². The summed E-state index contributed by atoms with van der Waals surface area (Å²) in [6.45, 7) is 2.53. The van der Waals surface area contributed by atoms with Gasteiger partial charge in [0.25, 0.3) is 0 Å². The standard InChI is InChI=1S/C10H12BrNO2S/c1-8-6-12(15(13,14)7-8)10-5-3-2-4-9(10)11/h2-5,8H,6-7H2,1H3. The number of nitrogens with zero attached hydrogens (tertiary/aromatic N) is 1. The lowest BCUT2D eigenvalue weighted by molar-refractivity contribution is 0.598. The van der Waals surface area contributed by atoms with Crippen molar-refractivity contribution in [1.29, 1.82) is 0 Å². The summed E-state index contributed by atoms with van der Waals surface area (Å²) in [5.74, 6) is 0.441. The van der Waals surface area contributed by atoms with Gasteiger partial charge in [0, 0.05) is 11.0 Å². The Morgan fingerprint density at radius 1 is 1.40 bits per heavy atom. The Bertz CT molecular complexity index is 472. The maximum atomic E-state index is 11.8. The molecule has 3 nitrogen and oxygen atoms in total. The summed E-state index contributed by atoms with van der Waals surface area (Å²) >= 11 is 3.37. The summed E-state index contributed by atoms with van der Waals surface area (Å²) in [4.78, 5) is 0. The van der Waals surface area contributed by atoms with Crippen LogP contribution in [-0.2, 0) is 10.0 Å². The molecule has 1 saturated heterocycles. The van der Waals surface area contributed by atoms with Gasteiger partial charge in [-0.1, -0.05) is 19.1 Å². The molecule has 2 rings (SSSR count). The maximum absolute atomic E-state index is 11.8. The minimum atomic E-state index is -3.11. The Balaban J connectivity index is 2.45. The van der Waals surface area contributed by atoms with E-state index in [0.29, 0.717) is 6.54 Å². The van der Waals surface area contributed by atoms with Gasteiger partial charge in [0.1, 0.15) is 0 Å². The van der Waals surface area contributed by atoms with Gasteiger partial charge < -0.3 is 0 Å². The highest BCUT2D eigenvalue weighted by Gasteiger charge is 2.34. The van der Waals surface area contributed by atoms with Crippen molar-refractivity contribution >= 4 is 31.6 Å². The molecule has 0 spiro atoms. The zero-order valence-electron chi connectivity index (χ0n) is 8.35. The molecule has 5 heteroatoms. The third kappa shape index (κ3) is 2.03. The molecule has 1 aromatic rings. The van der Waals surface area contributed by atoms with Crippen LogP contribution in [0.5, 0.6) is 0 Å². The van der Waals surface area contributed by atoms with E-state index in [2.05, 4.69) is 15.9 Å². The lowest BCUT2D eigenvalue weighted by Crippen LogP contribution is -2.25. The average molecular weight is 290 g/mol. The van der Waals surface area contributed by atoms with E-state index in [-0.39, 0.29) is 11.7 Å². The van der Waals surface area contributed by atoms with Crippen molar-refractivity contribution in [2.75, 3.05) is 16.6 Å². The fraction of sp³-hybridized carbons (Fsp3) is 0.400. The molecular weight excluding hydrogens is 278 g/mol. The molecule has 0 aromatic heterocycles. The second-order valence-electron chi connectivity index (χ2n) is 3.87. The van der Waals surface area contributed by atoms with Crippen LogP contribution in [0.15, 0.2) is 28.7 Å². The number of hydrogen-bond donors (Lipinski definition) is 0. The number of para-hydroxylation sites is 1. The smallest absolute Gasteiger partial charge is 0.235 e. The molecule has 0 amide bonds. The Kier molecular flexibility index (Phi) is 2.77. The van der Waals surface area contributed by atoms with Crippen LogP contribution in [0, 0.1) is 5.92 Å². The zero-order valence-corrected chi connectivity index (χ0v) is 10.8. The van der Waals surface area contributed by atoms with Gasteiger partial charge in [-0.05, 0) is 34.0 Å². The van der Waals surface area contributed by atoms with Crippen molar-refractivity contribution in [2.45, 2.75) is 6.92 Å². The molecule has 0 saturated carbocycles. The van der Waals surface area contributed by atoms with Gasteiger partial charge in [0.15, 0.2) is 0 Å². The highest BCUT2D eigenvalue weighted by molar-refractivity contribution is 9.10. The second-order valence-corrected chi connectivity index (χ2v) is 6.66. The molecule has 82 valence electrons. The maximum Gasteiger partial charge on any atom is 0.235 e. The van der Waals surface area contributed by atoms with E-state index >= 15 is 0 Å². The molecule has 0 N–H and O–H groups in total. The van der Waals surface area contributed by atoms with Crippen LogP contribution < -0.4 is 4.31 Å². The number of sulfonamides is 1. The molecule has 0 aliphatic carbocycles. The molecule has 1 aliphatic rings. The largest absolute Gasteiger partial charge is 0.269 e. The monoisotopic (exact) mass is 289 g/mol. The zero-order chi connectivity index (χ0) is 11.1. The van der Waals surface area contributed by atoms with Crippen molar-refractivity contribution in [2.24, 2.45) is 5.92 Å². The predicted molar refractivity (Wildman–Crippen MR) is 64.4 cm³/mol. The van der Waals surface area contributed by atoms with E-state index < -0.39 is 10.0 Å². The molecule has 0 bridgehead atoms. The van der Waals surface area contributed by atoms with Crippen LogP contribution in [-0.4, -0.2) is 20.7 Å². The molecule has 1 heterocycles. The van der Waals surface area contributed by atoms with Gasteiger partial charge in [0.2, 0.25) is 10.0 Å². The molecule has 15 heavy (non-hydrogen) atoms. The van der Waals surface area contributed by atoms with E-state index in [1.807, 2.05) is 31.2 Å². The van der Waals surface area contributed by atoms with Crippen molar-refractivity contribution in [3.8, 4) is 0 Å². The van der Waals surface area contributed by atoms with Crippen LogP contribution in [0.1, 0.15) is 6.92 Å². The summed E-state index contributed by atoms with van der Waals surface area (Å²) in [5, 5.41) is 0. The van der Waals surface area contributed by atoms with Crippen molar-refractivity contribution < 1.29 is 8.42 Å². The number of benzene rings is 1. The SMILES string of the molecule is CC1CN(c2ccccc2Br)S(=O)(=O)C1. The minimum Gasteiger partial charge on any atom is -0.269 e. The highest BCUT2D eigenvalue weighted by Crippen LogP contribution is 2.32. The van der Waals surface area contributed by atoms with Gasteiger partial charge in [-0.2, -0.15) is 0 Å². The third-order valence-corrected chi connectivity index (χ3v) is 5.11. The predicted octanol–water partition coefficient (Wildman–Crippen LogP) is 2.24. The Labute approximate surface area is 98.3 Å². The topological polar surface area (TPSA) is 37.4 Å². The fourth-order valence-corrected chi connectivity index (χ4v) is 4.36. The van der Waals surface area contributed by atoms with Gasteiger partial charge in [-0.25, -0.2) is 8.42 Å². The number of halogens is 1. The third-order valence-electron chi connectivity index (χ3n) is 2.43. The number of rotatable bonds is 1. The first-order chi connectivity index (χ1) is 7.00. The van der Waals surface area contributed by atoms with Crippen molar-refractivity contribution in [1.82, 2.24) is 0 Å².